The zero-order valence-electron chi connectivity index (χ0n) is 11.7. The maximum atomic E-state index is 11.1. The molecule has 0 amide bonds. The van der Waals surface area contributed by atoms with E-state index in [1.807, 2.05) is 30.3 Å². The molecule has 3 aromatic rings. The number of oxazole rings is 1. The van der Waals surface area contributed by atoms with Crippen molar-refractivity contribution < 1.29 is 13.9 Å². The molecule has 1 aliphatic heterocycles. The Morgan fingerprint density at radius 3 is 2.82 bits per heavy atom. The van der Waals surface area contributed by atoms with E-state index in [1.165, 1.54) is 0 Å². The highest BCUT2D eigenvalue weighted by molar-refractivity contribution is 5.76. The summed E-state index contributed by atoms with van der Waals surface area (Å²) in [6.07, 6.45) is 0. The van der Waals surface area contributed by atoms with Gasteiger partial charge in [0.2, 0.25) is 0 Å². The lowest BCUT2D eigenvalue weighted by atomic mass is 10.2. The fourth-order valence-corrected chi connectivity index (χ4v) is 2.46. The third-order valence-corrected chi connectivity index (χ3v) is 3.52. The van der Waals surface area contributed by atoms with Gasteiger partial charge in [-0.1, -0.05) is 6.07 Å². The summed E-state index contributed by atoms with van der Waals surface area (Å²) in [5, 5.41) is 3.31. The minimum atomic E-state index is -0.445. The minimum Gasteiger partial charge on any atom is -0.486 e. The molecule has 0 saturated carbocycles. The molecule has 0 aliphatic carbocycles. The molecule has 6 nitrogen and oxygen atoms in total. The largest absolute Gasteiger partial charge is 0.486 e. The Bertz CT molecular complexity index is 881. The van der Waals surface area contributed by atoms with E-state index in [0.29, 0.717) is 30.9 Å². The van der Waals surface area contributed by atoms with Crippen LogP contribution >= 0.6 is 0 Å². The van der Waals surface area contributed by atoms with Gasteiger partial charge in [0.25, 0.3) is 0 Å². The van der Waals surface area contributed by atoms with Crippen molar-refractivity contribution in [1.82, 2.24) is 4.98 Å². The number of anilines is 1. The predicted molar refractivity (Wildman–Crippen MR) is 81.6 cm³/mol. The smallest absolute Gasteiger partial charge is 0.417 e. The highest BCUT2D eigenvalue weighted by Gasteiger charge is 2.11. The summed E-state index contributed by atoms with van der Waals surface area (Å²) < 4.78 is 16.1. The normalized spacial score (nSPS) is 13.3. The lowest BCUT2D eigenvalue weighted by molar-refractivity contribution is 0.171. The van der Waals surface area contributed by atoms with E-state index in [-0.39, 0.29) is 0 Å². The molecule has 0 atom stereocenters. The van der Waals surface area contributed by atoms with E-state index in [2.05, 4.69) is 10.3 Å². The van der Waals surface area contributed by atoms with Crippen LogP contribution in [-0.4, -0.2) is 18.2 Å². The van der Waals surface area contributed by atoms with Gasteiger partial charge >= 0.3 is 5.76 Å². The molecule has 1 aromatic heterocycles. The highest BCUT2D eigenvalue weighted by atomic mass is 16.6. The van der Waals surface area contributed by atoms with Crippen LogP contribution in [0.15, 0.2) is 45.6 Å². The Morgan fingerprint density at radius 2 is 1.91 bits per heavy atom. The fraction of sp³-hybridized carbons (Fsp3) is 0.188. The topological polar surface area (TPSA) is 76.5 Å². The summed E-state index contributed by atoms with van der Waals surface area (Å²) in [6, 6.07) is 11.4. The first kappa shape index (κ1) is 12.8. The Hall–Kier alpha value is -2.89. The maximum absolute atomic E-state index is 11.1. The summed E-state index contributed by atoms with van der Waals surface area (Å²) in [5.41, 5.74) is 3.22. The number of aromatic amines is 1. The van der Waals surface area contributed by atoms with Crippen molar-refractivity contribution in [3.05, 3.63) is 52.5 Å². The minimum absolute atomic E-state index is 0.445. The van der Waals surface area contributed by atoms with E-state index in [1.54, 1.807) is 6.07 Å². The van der Waals surface area contributed by atoms with Gasteiger partial charge in [-0.15, -0.1) is 0 Å². The van der Waals surface area contributed by atoms with Crippen LogP contribution in [0.5, 0.6) is 11.5 Å². The fourth-order valence-electron chi connectivity index (χ4n) is 2.46. The Morgan fingerprint density at radius 1 is 1.05 bits per heavy atom. The lowest BCUT2D eigenvalue weighted by Crippen LogP contribution is -2.15. The van der Waals surface area contributed by atoms with Crippen LogP contribution in [-0.2, 0) is 6.54 Å². The van der Waals surface area contributed by atoms with E-state index >= 15 is 0 Å². The number of hydrogen-bond acceptors (Lipinski definition) is 5. The SMILES string of the molecule is O=c1[nH]c2cc(NCc3ccc4c(c3)OCCO4)ccc2o1. The van der Waals surface area contributed by atoms with Gasteiger partial charge in [-0.2, -0.15) is 0 Å². The third kappa shape index (κ3) is 2.39. The van der Waals surface area contributed by atoms with Crippen molar-refractivity contribution in [2.45, 2.75) is 6.54 Å². The molecule has 0 spiro atoms. The molecule has 6 heteroatoms. The molecule has 0 bridgehead atoms. The van der Waals surface area contributed by atoms with Crippen molar-refractivity contribution in [3.8, 4) is 11.5 Å². The molecular weight excluding hydrogens is 284 g/mol. The second kappa shape index (κ2) is 5.14. The van der Waals surface area contributed by atoms with Crippen molar-refractivity contribution >= 4 is 16.8 Å². The zero-order valence-corrected chi connectivity index (χ0v) is 11.7. The summed E-state index contributed by atoms with van der Waals surface area (Å²) in [6.45, 7) is 1.81. The third-order valence-electron chi connectivity index (χ3n) is 3.52. The molecule has 1 aliphatic rings. The van der Waals surface area contributed by atoms with Gasteiger partial charge in [-0.05, 0) is 35.9 Å². The van der Waals surface area contributed by atoms with Crippen LogP contribution in [0.25, 0.3) is 11.1 Å². The number of nitrogens with one attached hydrogen (secondary N) is 2. The van der Waals surface area contributed by atoms with Crippen LogP contribution in [0.4, 0.5) is 5.69 Å². The number of H-pyrrole nitrogens is 1. The monoisotopic (exact) mass is 298 g/mol. The number of ether oxygens (including phenoxy) is 2. The number of benzene rings is 2. The highest BCUT2D eigenvalue weighted by Crippen LogP contribution is 2.31. The standard InChI is InChI=1S/C16H14N2O4/c19-16-18-12-8-11(2-4-13(12)22-16)17-9-10-1-3-14-15(7-10)21-6-5-20-14/h1-4,7-8,17H,5-6,9H2,(H,18,19). The quantitative estimate of drug-likeness (QED) is 0.777. The molecule has 0 unspecified atom stereocenters. The van der Waals surface area contributed by atoms with Crippen molar-refractivity contribution in [2.75, 3.05) is 18.5 Å². The van der Waals surface area contributed by atoms with E-state index in [9.17, 15) is 4.79 Å². The van der Waals surface area contributed by atoms with Crippen molar-refractivity contribution in [2.24, 2.45) is 0 Å². The molecule has 0 radical (unpaired) electrons. The summed E-state index contributed by atoms with van der Waals surface area (Å²) in [5.74, 6) is 1.12. The van der Waals surface area contributed by atoms with Crippen LogP contribution < -0.4 is 20.5 Å². The van der Waals surface area contributed by atoms with Gasteiger partial charge in [0, 0.05) is 12.2 Å². The van der Waals surface area contributed by atoms with Gasteiger partial charge in [0.1, 0.15) is 13.2 Å². The second-order valence-electron chi connectivity index (χ2n) is 5.06. The average Bonchev–Trinajstić information content (AvgIpc) is 2.92. The van der Waals surface area contributed by atoms with E-state index < -0.39 is 5.76 Å². The molecule has 0 saturated heterocycles. The molecule has 22 heavy (non-hydrogen) atoms. The Labute approximate surface area is 125 Å². The number of fused-ring (bicyclic) bond motifs is 2. The summed E-state index contributed by atoms with van der Waals surface area (Å²) in [4.78, 5) is 13.8. The number of aromatic nitrogens is 1. The first-order valence-electron chi connectivity index (χ1n) is 7.03. The van der Waals surface area contributed by atoms with Crippen LogP contribution in [0.1, 0.15) is 5.56 Å². The van der Waals surface area contributed by atoms with Gasteiger partial charge in [-0.25, -0.2) is 4.79 Å². The van der Waals surface area contributed by atoms with Gasteiger partial charge < -0.3 is 19.2 Å². The lowest BCUT2D eigenvalue weighted by Gasteiger charge is -2.19. The number of rotatable bonds is 3. The first-order valence-corrected chi connectivity index (χ1v) is 7.03. The van der Waals surface area contributed by atoms with Gasteiger partial charge in [-0.3, -0.25) is 4.98 Å². The van der Waals surface area contributed by atoms with E-state index in [4.69, 9.17) is 13.9 Å². The van der Waals surface area contributed by atoms with Gasteiger partial charge in [0.05, 0.1) is 5.52 Å². The van der Waals surface area contributed by atoms with Crippen LogP contribution in [0, 0.1) is 0 Å². The summed E-state index contributed by atoms with van der Waals surface area (Å²) >= 11 is 0. The molecule has 2 aromatic carbocycles. The van der Waals surface area contributed by atoms with E-state index in [0.717, 1.165) is 22.7 Å². The first-order chi connectivity index (χ1) is 10.8. The summed E-state index contributed by atoms with van der Waals surface area (Å²) in [7, 11) is 0. The Balaban J connectivity index is 1.52. The molecule has 112 valence electrons. The molecule has 2 N–H and O–H groups in total. The van der Waals surface area contributed by atoms with Crippen LogP contribution in [0.2, 0.25) is 0 Å². The molecular formula is C16H14N2O4. The van der Waals surface area contributed by atoms with Crippen molar-refractivity contribution in [1.29, 1.82) is 0 Å². The predicted octanol–water partition coefficient (Wildman–Crippen LogP) is 2.50. The maximum Gasteiger partial charge on any atom is 0.417 e. The average molecular weight is 298 g/mol. The molecule has 0 fully saturated rings. The Kier molecular flexibility index (Phi) is 3.00. The second-order valence-corrected chi connectivity index (χ2v) is 5.06. The van der Waals surface area contributed by atoms with Crippen LogP contribution in [0.3, 0.4) is 0 Å². The molecule has 2 heterocycles. The molecule has 4 rings (SSSR count). The van der Waals surface area contributed by atoms with Crippen molar-refractivity contribution in [3.63, 3.8) is 0 Å². The zero-order chi connectivity index (χ0) is 14.9. The number of hydrogen-bond donors (Lipinski definition) is 2. The van der Waals surface area contributed by atoms with Gasteiger partial charge in [0.15, 0.2) is 17.1 Å².